The summed E-state index contributed by atoms with van der Waals surface area (Å²) < 4.78 is 0. The normalized spacial score (nSPS) is 17.0. The van der Waals surface area contributed by atoms with Gasteiger partial charge in [-0.3, -0.25) is 4.79 Å². The molecule has 0 atom stereocenters. The summed E-state index contributed by atoms with van der Waals surface area (Å²) in [6.45, 7) is 0.617. The van der Waals surface area contributed by atoms with Gasteiger partial charge in [0.15, 0.2) is 0 Å². The first-order valence-electron chi connectivity index (χ1n) is 7.23. The molecule has 20 heavy (non-hydrogen) atoms. The highest BCUT2D eigenvalue weighted by molar-refractivity contribution is 5.86. The Morgan fingerprint density at radius 3 is 2.20 bits per heavy atom. The largest absolute Gasteiger partial charge is 0.378 e. The predicted octanol–water partition coefficient (Wildman–Crippen LogP) is 1.98. The van der Waals surface area contributed by atoms with Crippen LogP contribution in [-0.2, 0) is 11.3 Å². The van der Waals surface area contributed by atoms with Crippen LogP contribution in [0, 0.1) is 0 Å². The minimum absolute atomic E-state index is 0.0756. The molecule has 1 aliphatic rings. The molecule has 110 valence electrons. The molecule has 4 heteroatoms. The van der Waals surface area contributed by atoms with Crippen molar-refractivity contribution in [3.63, 3.8) is 0 Å². The Hall–Kier alpha value is -1.55. The summed E-state index contributed by atoms with van der Waals surface area (Å²) in [5.74, 6) is 0.0756. The molecule has 0 heterocycles. The van der Waals surface area contributed by atoms with Gasteiger partial charge in [-0.05, 0) is 30.5 Å². The molecule has 0 aromatic heterocycles. The van der Waals surface area contributed by atoms with E-state index >= 15 is 0 Å². The number of carbonyl (C=O) groups excluding carboxylic acids is 1. The van der Waals surface area contributed by atoms with Crippen LogP contribution in [0.1, 0.15) is 31.2 Å². The lowest BCUT2D eigenvalue weighted by atomic mass is 9.97. The summed E-state index contributed by atoms with van der Waals surface area (Å²) in [6.07, 6.45) is 3.76. The Morgan fingerprint density at radius 1 is 1.15 bits per heavy atom. The SMILES string of the molecule is CN(Cc1ccc(N(C)C)cc1)C(=O)C1(N)CCCC1. The smallest absolute Gasteiger partial charge is 0.242 e. The van der Waals surface area contributed by atoms with Crippen molar-refractivity contribution in [3.05, 3.63) is 29.8 Å². The molecule has 0 radical (unpaired) electrons. The number of benzene rings is 1. The van der Waals surface area contributed by atoms with Gasteiger partial charge in [-0.1, -0.05) is 25.0 Å². The fourth-order valence-corrected chi connectivity index (χ4v) is 2.85. The van der Waals surface area contributed by atoms with E-state index < -0.39 is 5.54 Å². The standard InChI is InChI=1S/C16H25N3O/c1-18(2)14-8-6-13(7-9-14)12-19(3)15(20)16(17)10-4-5-11-16/h6-9H,4-5,10-12,17H2,1-3H3. The monoisotopic (exact) mass is 275 g/mol. The average molecular weight is 275 g/mol. The van der Waals surface area contributed by atoms with Gasteiger partial charge in [0.25, 0.3) is 0 Å². The fraction of sp³-hybridized carbons (Fsp3) is 0.562. The minimum atomic E-state index is -0.627. The lowest BCUT2D eigenvalue weighted by Crippen LogP contribution is -2.52. The van der Waals surface area contributed by atoms with Crippen LogP contribution >= 0.6 is 0 Å². The molecule has 0 unspecified atom stereocenters. The Balaban J connectivity index is 2.00. The zero-order valence-corrected chi connectivity index (χ0v) is 12.7. The minimum Gasteiger partial charge on any atom is -0.378 e. The molecule has 2 rings (SSSR count). The van der Waals surface area contributed by atoms with Gasteiger partial charge in [-0.25, -0.2) is 0 Å². The van der Waals surface area contributed by atoms with E-state index in [4.69, 9.17) is 5.73 Å². The number of hydrogen-bond acceptors (Lipinski definition) is 3. The lowest BCUT2D eigenvalue weighted by molar-refractivity contribution is -0.136. The van der Waals surface area contributed by atoms with Crippen LogP contribution in [0.3, 0.4) is 0 Å². The second-order valence-corrected chi connectivity index (χ2v) is 6.09. The molecule has 0 saturated heterocycles. The van der Waals surface area contributed by atoms with Gasteiger partial charge < -0.3 is 15.5 Å². The molecule has 0 spiro atoms. The molecular formula is C16H25N3O. The van der Waals surface area contributed by atoms with E-state index in [1.807, 2.05) is 21.1 Å². The number of nitrogens with zero attached hydrogens (tertiary/aromatic N) is 2. The van der Waals surface area contributed by atoms with Gasteiger partial charge in [-0.15, -0.1) is 0 Å². The first-order chi connectivity index (χ1) is 9.42. The van der Waals surface area contributed by atoms with Crippen LogP contribution < -0.4 is 10.6 Å². The van der Waals surface area contributed by atoms with Crippen LogP contribution in [0.4, 0.5) is 5.69 Å². The van der Waals surface area contributed by atoms with Crippen LogP contribution in [0.25, 0.3) is 0 Å². The number of hydrogen-bond donors (Lipinski definition) is 1. The number of rotatable bonds is 4. The van der Waals surface area contributed by atoms with Crippen molar-refractivity contribution in [1.82, 2.24) is 4.90 Å². The van der Waals surface area contributed by atoms with Crippen molar-refractivity contribution in [1.29, 1.82) is 0 Å². The molecule has 1 aliphatic carbocycles. The Kier molecular flexibility index (Phi) is 4.33. The first-order valence-corrected chi connectivity index (χ1v) is 7.23. The Labute approximate surface area is 121 Å². The summed E-state index contributed by atoms with van der Waals surface area (Å²) >= 11 is 0. The molecule has 2 N–H and O–H groups in total. The number of carbonyl (C=O) groups is 1. The maximum absolute atomic E-state index is 12.4. The number of likely N-dealkylation sites (N-methyl/N-ethyl adjacent to an activating group) is 1. The van der Waals surface area contributed by atoms with E-state index in [1.165, 1.54) is 0 Å². The first kappa shape index (κ1) is 14.9. The number of anilines is 1. The summed E-state index contributed by atoms with van der Waals surface area (Å²) in [5.41, 5.74) is 7.89. The van der Waals surface area contributed by atoms with Crippen LogP contribution in [0.5, 0.6) is 0 Å². The molecule has 0 aliphatic heterocycles. The van der Waals surface area contributed by atoms with Crippen molar-refractivity contribution in [2.45, 2.75) is 37.8 Å². The van der Waals surface area contributed by atoms with Gasteiger partial charge in [0.2, 0.25) is 5.91 Å². The maximum Gasteiger partial charge on any atom is 0.242 e. The van der Waals surface area contributed by atoms with E-state index in [0.29, 0.717) is 6.54 Å². The molecule has 1 fully saturated rings. The van der Waals surface area contributed by atoms with E-state index in [0.717, 1.165) is 36.9 Å². The maximum atomic E-state index is 12.4. The topological polar surface area (TPSA) is 49.6 Å². The van der Waals surface area contributed by atoms with E-state index in [9.17, 15) is 4.79 Å². The number of nitrogens with two attached hydrogens (primary N) is 1. The molecule has 1 aromatic rings. The summed E-state index contributed by atoms with van der Waals surface area (Å²) in [4.78, 5) is 16.3. The Morgan fingerprint density at radius 2 is 1.70 bits per heavy atom. The van der Waals surface area contributed by atoms with Gasteiger partial charge in [-0.2, -0.15) is 0 Å². The zero-order valence-electron chi connectivity index (χ0n) is 12.7. The summed E-state index contributed by atoms with van der Waals surface area (Å²) in [6, 6.07) is 8.27. The van der Waals surface area contributed by atoms with Crippen LogP contribution in [0.15, 0.2) is 24.3 Å². The number of amides is 1. The van der Waals surface area contributed by atoms with Crippen LogP contribution in [0.2, 0.25) is 0 Å². The molecule has 1 aromatic carbocycles. The van der Waals surface area contributed by atoms with Crippen molar-refractivity contribution < 1.29 is 4.79 Å². The zero-order chi connectivity index (χ0) is 14.8. The molecule has 1 amide bonds. The van der Waals surface area contributed by atoms with E-state index in [-0.39, 0.29) is 5.91 Å². The van der Waals surface area contributed by atoms with Gasteiger partial charge in [0.05, 0.1) is 5.54 Å². The Bertz CT molecular complexity index is 461. The third-order valence-corrected chi connectivity index (χ3v) is 4.14. The average Bonchev–Trinajstić information content (AvgIpc) is 2.86. The fourth-order valence-electron chi connectivity index (χ4n) is 2.85. The third-order valence-electron chi connectivity index (χ3n) is 4.14. The molecule has 4 nitrogen and oxygen atoms in total. The highest BCUT2D eigenvalue weighted by Crippen LogP contribution is 2.29. The van der Waals surface area contributed by atoms with Gasteiger partial charge in [0.1, 0.15) is 0 Å². The van der Waals surface area contributed by atoms with E-state index in [2.05, 4.69) is 29.2 Å². The second-order valence-electron chi connectivity index (χ2n) is 6.09. The van der Waals surface area contributed by atoms with E-state index in [1.54, 1.807) is 4.90 Å². The van der Waals surface area contributed by atoms with Gasteiger partial charge >= 0.3 is 0 Å². The summed E-state index contributed by atoms with van der Waals surface area (Å²) in [7, 11) is 5.88. The quantitative estimate of drug-likeness (QED) is 0.914. The highest BCUT2D eigenvalue weighted by Gasteiger charge is 2.38. The van der Waals surface area contributed by atoms with Crippen molar-refractivity contribution >= 4 is 11.6 Å². The van der Waals surface area contributed by atoms with Crippen molar-refractivity contribution in [2.24, 2.45) is 5.73 Å². The molecule has 0 bridgehead atoms. The predicted molar refractivity (Wildman–Crippen MR) is 82.6 cm³/mol. The van der Waals surface area contributed by atoms with Crippen molar-refractivity contribution in [3.8, 4) is 0 Å². The van der Waals surface area contributed by atoms with Gasteiger partial charge in [0, 0.05) is 33.4 Å². The third kappa shape index (κ3) is 3.12. The second kappa shape index (κ2) is 5.83. The molecule has 1 saturated carbocycles. The lowest BCUT2D eigenvalue weighted by Gasteiger charge is -2.29. The summed E-state index contributed by atoms with van der Waals surface area (Å²) in [5, 5.41) is 0. The van der Waals surface area contributed by atoms with Crippen molar-refractivity contribution in [2.75, 3.05) is 26.0 Å². The molecular weight excluding hydrogens is 250 g/mol. The van der Waals surface area contributed by atoms with Crippen LogP contribution in [-0.4, -0.2) is 37.5 Å². The highest BCUT2D eigenvalue weighted by atomic mass is 16.2.